The van der Waals surface area contributed by atoms with Crippen LogP contribution in [0.5, 0.6) is 0 Å². The van der Waals surface area contributed by atoms with Gasteiger partial charge in [0.05, 0.1) is 11.6 Å². The highest BCUT2D eigenvalue weighted by Crippen LogP contribution is 2.40. The van der Waals surface area contributed by atoms with E-state index in [1.165, 1.54) is 0 Å². The molecule has 1 heterocycles. The van der Waals surface area contributed by atoms with Gasteiger partial charge in [-0.15, -0.1) is 0 Å². The fraction of sp³-hybridized carbons (Fsp3) is 0.500. The maximum absolute atomic E-state index is 12.6. The van der Waals surface area contributed by atoms with E-state index < -0.39 is 0 Å². The van der Waals surface area contributed by atoms with Crippen molar-refractivity contribution in [3.05, 3.63) is 39.9 Å². The lowest BCUT2D eigenvalue weighted by molar-refractivity contribution is -0.116. The first kappa shape index (κ1) is 15.6. The summed E-state index contributed by atoms with van der Waals surface area (Å²) in [6, 6.07) is 3.99. The van der Waals surface area contributed by atoms with Crippen molar-refractivity contribution in [3.63, 3.8) is 0 Å². The van der Waals surface area contributed by atoms with Gasteiger partial charge in [0.25, 0.3) is 5.91 Å². The minimum atomic E-state index is -0.272. The second-order valence-corrected chi connectivity index (χ2v) is 6.97. The maximum atomic E-state index is 12.6. The summed E-state index contributed by atoms with van der Waals surface area (Å²) in [7, 11) is 1.74. The van der Waals surface area contributed by atoms with Gasteiger partial charge in [0.2, 0.25) is 0 Å². The van der Waals surface area contributed by atoms with Crippen molar-refractivity contribution in [3.8, 4) is 0 Å². The molecule has 1 aromatic rings. The number of hydrogen-bond acceptors (Lipinski definition) is 2. The zero-order valence-electron chi connectivity index (χ0n) is 13.3. The Bertz CT molecular complexity index is 629. The van der Waals surface area contributed by atoms with Crippen LogP contribution in [0.2, 0.25) is 5.02 Å². The van der Waals surface area contributed by atoms with Crippen molar-refractivity contribution >= 4 is 23.1 Å². The molecule has 118 valence electrons. The van der Waals surface area contributed by atoms with Crippen LogP contribution in [0.25, 0.3) is 5.57 Å². The molecule has 1 spiro atoms. The summed E-state index contributed by atoms with van der Waals surface area (Å²) in [5.41, 5.74) is 3.45. The molecule has 2 atom stereocenters. The topological polar surface area (TPSA) is 38.3 Å². The minimum absolute atomic E-state index is 0.0226. The monoisotopic (exact) mass is 319 g/mol. The lowest BCUT2D eigenvalue weighted by atomic mass is 9.80. The highest BCUT2D eigenvalue weighted by molar-refractivity contribution is 6.35. The van der Waals surface area contributed by atoms with Gasteiger partial charge in [0.15, 0.2) is 0 Å². The molecule has 1 aliphatic carbocycles. The van der Waals surface area contributed by atoms with E-state index in [4.69, 9.17) is 16.3 Å². The van der Waals surface area contributed by atoms with Crippen LogP contribution in [0.1, 0.15) is 42.4 Å². The van der Waals surface area contributed by atoms with Gasteiger partial charge in [0.1, 0.15) is 0 Å². The van der Waals surface area contributed by atoms with Crippen molar-refractivity contribution in [2.45, 2.75) is 51.2 Å². The summed E-state index contributed by atoms with van der Waals surface area (Å²) in [6.45, 7) is 4.02. The normalized spacial score (nSPS) is 27.9. The predicted molar refractivity (Wildman–Crippen MR) is 89.0 cm³/mol. The summed E-state index contributed by atoms with van der Waals surface area (Å²) in [5, 5.41) is 3.83. The predicted octanol–water partition coefficient (Wildman–Crippen LogP) is 3.80. The molecule has 3 nitrogen and oxygen atoms in total. The molecule has 1 saturated carbocycles. The molecule has 1 aromatic carbocycles. The number of aryl methyl sites for hydroxylation is 2. The van der Waals surface area contributed by atoms with E-state index in [-0.39, 0.29) is 17.6 Å². The molecule has 0 aromatic heterocycles. The molecule has 22 heavy (non-hydrogen) atoms. The van der Waals surface area contributed by atoms with Gasteiger partial charge in [-0.25, -0.2) is 0 Å². The number of rotatable bonds is 2. The van der Waals surface area contributed by atoms with Crippen LogP contribution < -0.4 is 5.32 Å². The lowest BCUT2D eigenvalue weighted by Crippen LogP contribution is -2.47. The van der Waals surface area contributed by atoms with Crippen LogP contribution in [-0.4, -0.2) is 24.7 Å². The highest BCUT2D eigenvalue weighted by Gasteiger charge is 2.42. The third-order valence-corrected chi connectivity index (χ3v) is 5.10. The van der Waals surface area contributed by atoms with E-state index in [1.807, 2.05) is 19.9 Å². The molecule has 4 heteroatoms. The second-order valence-electron chi connectivity index (χ2n) is 6.56. The zero-order chi connectivity index (χ0) is 15.9. The summed E-state index contributed by atoms with van der Waals surface area (Å²) >= 11 is 6.42. The first-order valence-electron chi connectivity index (χ1n) is 7.79. The van der Waals surface area contributed by atoms with E-state index in [1.54, 1.807) is 7.11 Å². The summed E-state index contributed by atoms with van der Waals surface area (Å²) in [6.07, 6.45) is 6.21. The van der Waals surface area contributed by atoms with Crippen LogP contribution in [0.15, 0.2) is 18.2 Å². The summed E-state index contributed by atoms with van der Waals surface area (Å²) in [4.78, 5) is 12.6. The Hall–Kier alpha value is -1.32. The lowest BCUT2D eigenvalue weighted by Gasteiger charge is -2.36. The Morgan fingerprint density at radius 2 is 2.14 bits per heavy atom. The average Bonchev–Trinajstić information content (AvgIpc) is 2.74. The van der Waals surface area contributed by atoms with Gasteiger partial charge in [-0.1, -0.05) is 17.7 Å². The number of ether oxygens (including phenoxy) is 1. The molecule has 3 rings (SSSR count). The zero-order valence-corrected chi connectivity index (χ0v) is 14.1. The first-order valence-corrected chi connectivity index (χ1v) is 8.17. The number of carbonyl (C=O) groups is 1. The fourth-order valence-electron chi connectivity index (χ4n) is 3.82. The number of nitrogens with one attached hydrogen (secondary N) is 1. The first-order chi connectivity index (χ1) is 10.4. The Labute approximate surface area is 136 Å². The number of amides is 1. The van der Waals surface area contributed by atoms with Gasteiger partial charge in [-0.05, 0) is 56.4 Å². The molecule has 0 saturated heterocycles. The van der Waals surface area contributed by atoms with Gasteiger partial charge < -0.3 is 10.1 Å². The Morgan fingerprint density at radius 1 is 1.36 bits per heavy atom. The van der Waals surface area contributed by atoms with Gasteiger partial charge in [0, 0.05) is 29.7 Å². The van der Waals surface area contributed by atoms with Crippen molar-refractivity contribution in [1.29, 1.82) is 0 Å². The Kier molecular flexibility index (Phi) is 4.04. The number of hydrogen-bond donors (Lipinski definition) is 1. The van der Waals surface area contributed by atoms with Crippen LogP contribution in [0, 0.1) is 13.8 Å². The van der Waals surface area contributed by atoms with Crippen molar-refractivity contribution in [1.82, 2.24) is 5.32 Å². The van der Waals surface area contributed by atoms with Crippen LogP contribution in [0.4, 0.5) is 0 Å². The van der Waals surface area contributed by atoms with Crippen LogP contribution in [0.3, 0.4) is 0 Å². The third-order valence-electron chi connectivity index (χ3n) is 4.80. The largest absolute Gasteiger partial charge is 0.381 e. The maximum Gasteiger partial charge on any atom is 0.252 e. The van der Waals surface area contributed by atoms with Gasteiger partial charge >= 0.3 is 0 Å². The molecule has 0 radical (unpaired) electrons. The van der Waals surface area contributed by atoms with E-state index in [0.29, 0.717) is 10.6 Å². The number of carbonyl (C=O) groups excluding carboxylic acids is 1. The van der Waals surface area contributed by atoms with Crippen molar-refractivity contribution in [2.24, 2.45) is 0 Å². The van der Waals surface area contributed by atoms with E-state index in [2.05, 4.69) is 17.5 Å². The molecule has 1 N–H and O–H groups in total. The molecule has 1 amide bonds. The smallest absolute Gasteiger partial charge is 0.252 e. The van der Waals surface area contributed by atoms with Crippen LogP contribution >= 0.6 is 11.6 Å². The Morgan fingerprint density at radius 3 is 2.82 bits per heavy atom. The van der Waals surface area contributed by atoms with Crippen molar-refractivity contribution < 1.29 is 9.53 Å². The van der Waals surface area contributed by atoms with E-state index in [0.717, 1.165) is 42.4 Å². The molecule has 0 bridgehead atoms. The molecule has 1 aliphatic heterocycles. The van der Waals surface area contributed by atoms with Gasteiger partial charge in [-0.3, -0.25) is 4.79 Å². The standard InChI is InChI=1S/C18H22ClNO2/c1-11-7-12(2)16(15(19)8-11)14-10-18(20-17(14)21)6-4-5-13(9-18)22-3/h7-8,10,13H,4-6,9H2,1-3H3,(H,20,21). The van der Waals surface area contributed by atoms with E-state index in [9.17, 15) is 4.79 Å². The molecule has 1 fully saturated rings. The molecular formula is C18H22ClNO2. The average molecular weight is 320 g/mol. The van der Waals surface area contributed by atoms with E-state index >= 15 is 0 Å². The third kappa shape index (κ3) is 2.68. The highest BCUT2D eigenvalue weighted by atomic mass is 35.5. The number of methoxy groups -OCH3 is 1. The number of halogens is 1. The van der Waals surface area contributed by atoms with Crippen molar-refractivity contribution in [2.75, 3.05) is 7.11 Å². The summed E-state index contributed by atoms with van der Waals surface area (Å²) in [5.74, 6) is -0.0226. The minimum Gasteiger partial charge on any atom is -0.381 e. The summed E-state index contributed by atoms with van der Waals surface area (Å²) < 4.78 is 5.51. The SMILES string of the molecule is COC1CCCC2(C=C(c3c(C)cc(C)cc3Cl)C(=O)N2)C1. The molecular weight excluding hydrogens is 298 g/mol. The number of benzene rings is 1. The Balaban J connectivity index is 2.01. The fourth-order valence-corrected chi connectivity index (χ4v) is 4.24. The molecule has 2 unspecified atom stereocenters. The molecule has 2 aliphatic rings. The van der Waals surface area contributed by atoms with Gasteiger partial charge in [-0.2, -0.15) is 0 Å². The quantitative estimate of drug-likeness (QED) is 0.900. The van der Waals surface area contributed by atoms with Crippen LogP contribution in [-0.2, 0) is 9.53 Å². The second kappa shape index (κ2) is 5.71.